The Bertz CT molecular complexity index is 604. The molecule has 18 heavy (non-hydrogen) atoms. The highest BCUT2D eigenvalue weighted by atomic mass is 35.5. The monoisotopic (exact) mass is 291 g/mol. The maximum Gasteiger partial charge on any atom is 0.289 e. The molecule has 9 heteroatoms. The number of nitro benzene ring substituents is 1. The Hall–Kier alpha value is -1.22. The van der Waals surface area contributed by atoms with Crippen molar-refractivity contribution in [2.45, 2.75) is 23.4 Å². The predicted octanol–water partition coefficient (Wildman–Crippen LogP) is 0.626. The van der Waals surface area contributed by atoms with Crippen LogP contribution >= 0.6 is 11.6 Å². The Morgan fingerprint density at radius 1 is 1.50 bits per heavy atom. The fourth-order valence-corrected chi connectivity index (χ4v) is 2.92. The average Bonchev–Trinajstić information content (AvgIpc) is 2.92. The molecule has 2 rings (SSSR count). The van der Waals surface area contributed by atoms with Crippen LogP contribution in [-0.4, -0.2) is 25.4 Å². The lowest BCUT2D eigenvalue weighted by molar-refractivity contribution is -0.384. The first-order valence-electron chi connectivity index (χ1n) is 5.03. The van der Waals surface area contributed by atoms with E-state index in [0.29, 0.717) is 6.42 Å². The van der Waals surface area contributed by atoms with Gasteiger partial charge in [0.2, 0.25) is 10.0 Å². The number of sulfonamides is 1. The molecule has 0 amide bonds. The number of nitrogens with one attached hydrogen (secondary N) is 1. The fourth-order valence-electron chi connectivity index (χ4n) is 1.42. The number of benzene rings is 1. The van der Waals surface area contributed by atoms with Crippen LogP contribution in [0.15, 0.2) is 23.1 Å². The van der Waals surface area contributed by atoms with Crippen molar-refractivity contribution in [3.63, 3.8) is 0 Å². The van der Waals surface area contributed by atoms with Gasteiger partial charge < -0.3 is 5.73 Å². The predicted molar refractivity (Wildman–Crippen MR) is 64.8 cm³/mol. The zero-order valence-electron chi connectivity index (χ0n) is 9.04. The van der Waals surface area contributed by atoms with E-state index in [9.17, 15) is 18.5 Å². The summed E-state index contributed by atoms with van der Waals surface area (Å²) in [7, 11) is -3.80. The molecule has 1 fully saturated rings. The molecule has 1 aliphatic carbocycles. The summed E-state index contributed by atoms with van der Waals surface area (Å²) in [6.45, 7) is 0. The molecule has 2 unspecified atom stereocenters. The van der Waals surface area contributed by atoms with Gasteiger partial charge in [-0.3, -0.25) is 10.1 Å². The average molecular weight is 292 g/mol. The Morgan fingerprint density at radius 2 is 2.11 bits per heavy atom. The van der Waals surface area contributed by atoms with Crippen LogP contribution in [0.2, 0.25) is 5.02 Å². The van der Waals surface area contributed by atoms with Gasteiger partial charge in [0.25, 0.3) is 5.69 Å². The van der Waals surface area contributed by atoms with E-state index in [2.05, 4.69) is 4.72 Å². The Balaban J connectivity index is 2.33. The van der Waals surface area contributed by atoms with Crippen molar-refractivity contribution in [1.82, 2.24) is 4.72 Å². The highest BCUT2D eigenvalue weighted by molar-refractivity contribution is 7.89. The van der Waals surface area contributed by atoms with Gasteiger partial charge in [0.15, 0.2) is 0 Å². The lowest BCUT2D eigenvalue weighted by atomic mass is 10.3. The van der Waals surface area contributed by atoms with Crippen LogP contribution < -0.4 is 10.5 Å². The van der Waals surface area contributed by atoms with Gasteiger partial charge in [-0.1, -0.05) is 11.6 Å². The van der Waals surface area contributed by atoms with Crippen LogP contribution in [0.3, 0.4) is 0 Å². The SMILES string of the molecule is NC1CC1NS(=O)(=O)c1ccc(Cl)c([N+](=O)[O-])c1. The van der Waals surface area contributed by atoms with Gasteiger partial charge in [-0.05, 0) is 18.6 Å². The topological polar surface area (TPSA) is 115 Å². The molecule has 1 saturated carbocycles. The summed E-state index contributed by atoms with van der Waals surface area (Å²) in [5.41, 5.74) is 5.05. The fraction of sp³-hybridized carbons (Fsp3) is 0.333. The number of rotatable bonds is 4. The third-order valence-corrected chi connectivity index (χ3v) is 4.38. The Kier molecular flexibility index (Phi) is 3.28. The van der Waals surface area contributed by atoms with E-state index in [-0.39, 0.29) is 22.0 Å². The molecular formula is C9H10ClN3O4S. The van der Waals surface area contributed by atoms with Gasteiger partial charge >= 0.3 is 0 Å². The standard InChI is InChI=1S/C9H10ClN3O4S/c10-6-2-1-5(3-9(6)13(14)15)18(16,17)12-8-4-7(8)11/h1-3,7-8,12H,4,11H2. The summed E-state index contributed by atoms with van der Waals surface area (Å²) in [5, 5.41) is 10.6. The third kappa shape index (κ3) is 2.61. The second-order valence-corrected chi connectivity index (χ2v) is 6.12. The van der Waals surface area contributed by atoms with Gasteiger partial charge in [0, 0.05) is 18.2 Å². The lowest BCUT2D eigenvalue weighted by Gasteiger charge is -2.06. The number of nitro groups is 1. The van der Waals surface area contributed by atoms with E-state index in [1.165, 1.54) is 12.1 Å². The zero-order valence-corrected chi connectivity index (χ0v) is 10.6. The molecule has 0 aliphatic heterocycles. The molecule has 0 bridgehead atoms. The zero-order chi connectivity index (χ0) is 13.5. The molecule has 0 saturated heterocycles. The number of halogens is 1. The van der Waals surface area contributed by atoms with Crippen molar-refractivity contribution in [2.75, 3.05) is 0 Å². The molecule has 1 aromatic carbocycles. The van der Waals surface area contributed by atoms with Crippen LogP contribution in [0.4, 0.5) is 5.69 Å². The molecule has 98 valence electrons. The van der Waals surface area contributed by atoms with Crippen molar-refractivity contribution in [3.05, 3.63) is 33.3 Å². The first-order valence-corrected chi connectivity index (χ1v) is 6.89. The summed E-state index contributed by atoms with van der Waals surface area (Å²) < 4.78 is 26.1. The molecule has 0 aromatic heterocycles. The Labute approximate surface area is 108 Å². The highest BCUT2D eigenvalue weighted by Gasteiger charge is 2.37. The second kappa shape index (κ2) is 4.47. The van der Waals surface area contributed by atoms with Crippen molar-refractivity contribution < 1.29 is 13.3 Å². The van der Waals surface area contributed by atoms with Gasteiger partial charge in [-0.25, -0.2) is 13.1 Å². The minimum atomic E-state index is -3.80. The second-order valence-electron chi connectivity index (χ2n) is 4.00. The number of nitrogens with zero attached hydrogens (tertiary/aromatic N) is 1. The van der Waals surface area contributed by atoms with Gasteiger partial charge in [-0.15, -0.1) is 0 Å². The largest absolute Gasteiger partial charge is 0.326 e. The summed E-state index contributed by atoms with van der Waals surface area (Å²) in [5.74, 6) is 0. The number of hydrogen-bond donors (Lipinski definition) is 2. The van der Waals surface area contributed by atoms with E-state index in [0.717, 1.165) is 6.07 Å². The quantitative estimate of drug-likeness (QED) is 0.623. The third-order valence-electron chi connectivity index (χ3n) is 2.57. The van der Waals surface area contributed by atoms with Crippen LogP contribution in [0.5, 0.6) is 0 Å². The molecule has 2 atom stereocenters. The summed E-state index contributed by atoms with van der Waals surface area (Å²) in [6.07, 6.45) is 0.564. The smallest absolute Gasteiger partial charge is 0.289 e. The highest BCUT2D eigenvalue weighted by Crippen LogP contribution is 2.28. The van der Waals surface area contributed by atoms with Crippen molar-refractivity contribution >= 4 is 27.3 Å². The molecule has 1 aromatic rings. The van der Waals surface area contributed by atoms with Crippen LogP contribution in [0.1, 0.15) is 6.42 Å². The minimum absolute atomic E-state index is 0.109. The van der Waals surface area contributed by atoms with E-state index in [1.54, 1.807) is 0 Å². The first-order chi connectivity index (χ1) is 8.31. The minimum Gasteiger partial charge on any atom is -0.326 e. The molecular weight excluding hydrogens is 282 g/mol. The van der Waals surface area contributed by atoms with Crippen molar-refractivity contribution in [2.24, 2.45) is 5.73 Å². The normalized spacial score (nSPS) is 22.8. The molecule has 0 radical (unpaired) electrons. The van der Waals surface area contributed by atoms with Crippen molar-refractivity contribution in [1.29, 1.82) is 0 Å². The number of nitrogens with two attached hydrogens (primary N) is 1. The van der Waals surface area contributed by atoms with Crippen molar-refractivity contribution in [3.8, 4) is 0 Å². The molecule has 1 aliphatic rings. The molecule has 7 nitrogen and oxygen atoms in total. The van der Waals surface area contributed by atoms with E-state index in [4.69, 9.17) is 17.3 Å². The molecule has 3 N–H and O–H groups in total. The summed E-state index contributed by atoms with van der Waals surface area (Å²) in [4.78, 5) is 9.74. The van der Waals surface area contributed by atoms with Crippen LogP contribution in [0.25, 0.3) is 0 Å². The summed E-state index contributed by atoms with van der Waals surface area (Å²) >= 11 is 5.61. The molecule has 0 heterocycles. The molecule has 0 spiro atoms. The lowest BCUT2D eigenvalue weighted by Crippen LogP contribution is -2.29. The van der Waals surface area contributed by atoms with Gasteiger partial charge in [-0.2, -0.15) is 0 Å². The van der Waals surface area contributed by atoms with Crippen LogP contribution in [0, 0.1) is 10.1 Å². The Morgan fingerprint density at radius 3 is 2.61 bits per heavy atom. The van der Waals surface area contributed by atoms with E-state index < -0.39 is 20.6 Å². The van der Waals surface area contributed by atoms with Gasteiger partial charge in [0.1, 0.15) is 5.02 Å². The summed E-state index contributed by atoms with van der Waals surface area (Å²) in [6, 6.07) is 2.83. The maximum atomic E-state index is 11.9. The van der Waals surface area contributed by atoms with Gasteiger partial charge in [0.05, 0.1) is 9.82 Å². The first kappa shape index (κ1) is 13.2. The van der Waals surface area contributed by atoms with E-state index >= 15 is 0 Å². The van der Waals surface area contributed by atoms with Crippen LogP contribution in [-0.2, 0) is 10.0 Å². The maximum absolute atomic E-state index is 11.9. The number of hydrogen-bond acceptors (Lipinski definition) is 5. The van der Waals surface area contributed by atoms with E-state index in [1.807, 2.05) is 0 Å².